The summed E-state index contributed by atoms with van der Waals surface area (Å²) in [5, 5.41) is 0.191. The number of nitrogen functional groups attached to an aromatic ring is 1. The van der Waals surface area contributed by atoms with E-state index in [0.29, 0.717) is 0 Å². The lowest BCUT2D eigenvalue weighted by Crippen LogP contribution is -2.30. The van der Waals surface area contributed by atoms with E-state index in [9.17, 15) is 26.7 Å². The molecule has 12 heteroatoms. The Morgan fingerprint density at radius 1 is 1.23 bits per heavy atom. The van der Waals surface area contributed by atoms with Gasteiger partial charge in [0, 0.05) is 15.6 Å². The van der Waals surface area contributed by atoms with Gasteiger partial charge in [-0.2, -0.15) is 0 Å². The summed E-state index contributed by atoms with van der Waals surface area (Å²) in [7, 11) is 0. The largest absolute Gasteiger partial charge is 0.768 e. The molecule has 2 rings (SSSR count). The summed E-state index contributed by atoms with van der Waals surface area (Å²) < 4.78 is 62.8. The van der Waals surface area contributed by atoms with Crippen LogP contribution in [0.15, 0.2) is 41.3 Å². The summed E-state index contributed by atoms with van der Waals surface area (Å²) in [4.78, 5) is 12.0. The van der Waals surface area contributed by atoms with Crippen LogP contribution in [0.3, 0.4) is 0 Å². The van der Waals surface area contributed by atoms with Crippen LogP contribution < -0.4 is 21.3 Å². The zero-order chi connectivity index (χ0) is 19.5. The number of rotatable bonds is 5. The summed E-state index contributed by atoms with van der Waals surface area (Å²) >= 11 is 3.14. The number of benzene rings is 2. The predicted octanol–water partition coefficient (Wildman–Crippen LogP) is 2.82. The van der Waals surface area contributed by atoms with Crippen molar-refractivity contribution in [2.75, 3.05) is 11.2 Å². The van der Waals surface area contributed by atoms with E-state index in [-0.39, 0.29) is 26.9 Å². The number of carbonyl (C=O) groups excluding carboxylic acids is 1. The van der Waals surface area contributed by atoms with Crippen molar-refractivity contribution < 1.29 is 31.5 Å². The molecule has 2 aromatic carbocycles. The molecule has 0 saturated carbocycles. The van der Waals surface area contributed by atoms with Gasteiger partial charge in [-0.25, -0.2) is 0 Å². The third kappa shape index (κ3) is 5.25. The number of amides is 1. The highest BCUT2D eigenvalue weighted by Gasteiger charge is 2.31. The lowest BCUT2D eigenvalue weighted by Gasteiger charge is -2.16. The molecular formula is C14H10ClF3N3O4S-. The maximum atomic E-state index is 12.3. The molecule has 1 amide bonds. The number of ether oxygens (including phenoxy) is 1. The van der Waals surface area contributed by atoms with Crippen molar-refractivity contribution in [1.82, 2.24) is 5.43 Å². The van der Waals surface area contributed by atoms with Gasteiger partial charge in [-0.3, -0.25) is 19.9 Å². The number of alkyl halides is 3. The van der Waals surface area contributed by atoms with Crippen molar-refractivity contribution in [3.05, 3.63) is 47.0 Å². The number of carbonyl (C=O) groups is 1. The number of nitrogens with one attached hydrogen (secondary N) is 2. The molecule has 0 aromatic heterocycles. The first-order chi connectivity index (χ1) is 12.1. The van der Waals surface area contributed by atoms with Gasteiger partial charge >= 0.3 is 6.36 Å². The molecule has 0 saturated heterocycles. The Morgan fingerprint density at radius 3 is 2.54 bits per heavy atom. The molecular weight excluding hydrogens is 399 g/mol. The number of halogens is 4. The van der Waals surface area contributed by atoms with Gasteiger partial charge in [0.1, 0.15) is 5.75 Å². The number of hydrazine groups is 1. The Morgan fingerprint density at radius 2 is 1.92 bits per heavy atom. The van der Waals surface area contributed by atoms with E-state index in [1.807, 2.05) is 0 Å². The zero-order valence-corrected chi connectivity index (χ0v) is 14.2. The molecule has 1 unspecified atom stereocenters. The van der Waals surface area contributed by atoms with Crippen molar-refractivity contribution >= 4 is 40.0 Å². The Balaban J connectivity index is 2.20. The Hall–Kier alpha value is -2.50. The molecule has 140 valence electrons. The fourth-order valence-electron chi connectivity index (χ4n) is 1.87. The van der Waals surface area contributed by atoms with Gasteiger partial charge < -0.3 is 15.0 Å². The zero-order valence-electron chi connectivity index (χ0n) is 12.6. The minimum Gasteiger partial charge on any atom is -0.768 e. The quantitative estimate of drug-likeness (QED) is 0.398. The molecule has 26 heavy (non-hydrogen) atoms. The molecule has 0 heterocycles. The first-order valence-corrected chi connectivity index (χ1v) is 8.12. The predicted molar refractivity (Wildman–Crippen MR) is 87.3 cm³/mol. The van der Waals surface area contributed by atoms with E-state index in [1.165, 1.54) is 18.2 Å². The van der Waals surface area contributed by atoms with Crippen LogP contribution in [0, 0.1) is 0 Å². The van der Waals surface area contributed by atoms with Gasteiger partial charge in [0.2, 0.25) is 0 Å². The van der Waals surface area contributed by atoms with Crippen molar-refractivity contribution in [2.45, 2.75) is 11.3 Å². The van der Waals surface area contributed by atoms with E-state index in [0.717, 1.165) is 18.2 Å². The summed E-state index contributed by atoms with van der Waals surface area (Å²) in [6.45, 7) is 0. The number of hydrogen-bond acceptors (Lipinski definition) is 6. The second-order valence-corrected chi connectivity index (χ2v) is 6.10. The summed E-state index contributed by atoms with van der Waals surface area (Å²) in [6, 6.07) is 6.57. The van der Waals surface area contributed by atoms with Gasteiger partial charge in [0.05, 0.1) is 11.3 Å². The monoisotopic (exact) mass is 408 g/mol. The average molecular weight is 409 g/mol. The highest BCUT2D eigenvalue weighted by atomic mass is 35.5. The number of nitrogens with two attached hydrogens (primary N) is 1. The van der Waals surface area contributed by atoms with E-state index >= 15 is 0 Å². The third-order valence-electron chi connectivity index (χ3n) is 2.93. The van der Waals surface area contributed by atoms with Crippen LogP contribution in [0.5, 0.6) is 5.75 Å². The fourth-order valence-corrected chi connectivity index (χ4v) is 2.51. The van der Waals surface area contributed by atoms with Gasteiger partial charge in [0.15, 0.2) is 0 Å². The molecule has 1 atom stereocenters. The maximum absolute atomic E-state index is 12.3. The molecule has 2 aromatic rings. The van der Waals surface area contributed by atoms with E-state index in [1.54, 1.807) is 0 Å². The topological polar surface area (TPSA) is 117 Å². The minimum atomic E-state index is -4.93. The number of anilines is 2. The molecule has 0 aliphatic carbocycles. The molecule has 4 N–H and O–H groups in total. The Bertz CT molecular complexity index is 864. The van der Waals surface area contributed by atoms with E-state index in [4.69, 9.17) is 17.3 Å². The van der Waals surface area contributed by atoms with E-state index in [2.05, 4.69) is 15.6 Å². The van der Waals surface area contributed by atoms with Crippen LogP contribution in [-0.2, 0) is 11.1 Å². The van der Waals surface area contributed by atoms with Crippen molar-refractivity contribution in [3.63, 3.8) is 0 Å². The molecule has 0 aliphatic heterocycles. The highest BCUT2D eigenvalue weighted by molar-refractivity contribution is 7.79. The molecule has 7 nitrogen and oxygen atoms in total. The first-order valence-electron chi connectivity index (χ1n) is 6.67. The summed E-state index contributed by atoms with van der Waals surface area (Å²) in [5.41, 5.74) is 9.58. The smallest absolute Gasteiger partial charge is 0.573 e. The van der Waals surface area contributed by atoms with Crippen molar-refractivity contribution in [1.29, 1.82) is 0 Å². The normalized spacial score (nSPS) is 12.3. The van der Waals surface area contributed by atoms with Crippen LogP contribution in [0.2, 0.25) is 5.02 Å². The van der Waals surface area contributed by atoms with Gasteiger partial charge in [-0.05, 0) is 47.5 Å². The second kappa shape index (κ2) is 7.81. The molecule has 0 radical (unpaired) electrons. The van der Waals surface area contributed by atoms with Crippen LogP contribution in [-0.4, -0.2) is 21.0 Å². The average Bonchev–Trinajstić information content (AvgIpc) is 2.52. The lowest BCUT2D eigenvalue weighted by atomic mass is 10.1. The van der Waals surface area contributed by atoms with E-state index < -0.39 is 29.1 Å². The van der Waals surface area contributed by atoms with Crippen LogP contribution in [0.25, 0.3) is 0 Å². The third-order valence-corrected chi connectivity index (χ3v) is 3.89. The molecule has 0 bridgehead atoms. The SMILES string of the molecule is Nc1ccc(OC(F)(F)F)cc1C(=O)NNc1cc(Cl)ccc1S(=O)[O-]. The Kier molecular flexibility index (Phi) is 5.95. The highest BCUT2D eigenvalue weighted by Crippen LogP contribution is 2.26. The molecule has 0 fully saturated rings. The van der Waals surface area contributed by atoms with Crippen molar-refractivity contribution in [3.8, 4) is 5.75 Å². The van der Waals surface area contributed by atoms with Crippen molar-refractivity contribution in [2.24, 2.45) is 0 Å². The number of hydrogen-bond donors (Lipinski definition) is 3. The van der Waals surface area contributed by atoms with Crippen LogP contribution in [0.4, 0.5) is 24.5 Å². The van der Waals surface area contributed by atoms with Gasteiger partial charge in [-0.1, -0.05) is 11.6 Å². The van der Waals surface area contributed by atoms with Gasteiger partial charge in [0.25, 0.3) is 5.91 Å². The fraction of sp³-hybridized carbons (Fsp3) is 0.0714. The second-order valence-electron chi connectivity index (χ2n) is 4.75. The first kappa shape index (κ1) is 19.8. The minimum absolute atomic E-state index is 0.0412. The summed E-state index contributed by atoms with van der Waals surface area (Å²) in [5.74, 6) is -1.56. The van der Waals surface area contributed by atoms with Crippen LogP contribution >= 0.6 is 11.6 Å². The summed E-state index contributed by atoms with van der Waals surface area (Å²) in [6.07, 6.45) is -4.93. The lowest BCUT2D eigenvalue weighted by molar-refractivity contribution is -0.274. The Labute approximate surface area is 152 Å². The standard InChI is InChI=1S/C14H11ClF3N3O4S/c15-7-1-4-12(26(23)24)11(5-7)20-21-13(22)9-6-8(2-3-10(9)19)25-14(16,17)18/h1-6,20H,19H2,(H,21,22)(H,23,24)/p-1. The molecule has 0 aliphatic rings. The van der Waals surface area contributed by atoms with Crippen LogP contribution in [0.1, 0.15) is 10.4 Å². The maximum Gasteiger partial charge on any atom is 0.573 e. The molecule has 0 spiro atoms. The van der Waals surface area contributed by atoms with Gasteiger partial charge in [-0.15, -0.1) is 13.2 Å².